The molecule has 0 saturated heterocycles. The molecular weight excluding hydrogens is 228 g/mol. The van der Waals surface area contributed by atoms with Crippen molar-refractivity contribution in [3.8, 4) is 0 Å². The molecule has 0 atom stereocenters. The van der Waals surface area contributed by atoms with E-state index in [0.717, 1.165) is 6.42 Å². The number of rotatable bonds is 3. The predicted octanol–water partition coefficient (Wildman–Crippen LogP) is 3.24. The smallest absolute Gasteiger partial charge is 0.257 e. The van der Waals surface area contributed by atoms with Gasteiger partial charge in [-0.25, -0.2) is 0 Å². The summed E-state index contributed by atoms with van der Waals surface area (Å²) in [5.41, 5.74) is 1.09. The summed E-state index contributed by atoms with van der Waals surface area (Å²) in [4.78, 5) is 12.2. The lowest BCUT2D eigenvalue weighted by Gasteiger charge is -2.33. The van der Waals surface area contributed by atoms with Crippen molar-refractivity contribution >= 4 is 5.91 Å². The fourth-order valence-electron chi connectivity index (χ4n) is 2.55. The number of hydrogen-bond donors (Lipinski definition) is 1. The average Bonchev–Trinajstić information content (AvgIpc) is 2.40. The number of amides is 1. The van der Waals surface area contributed by atoms with E-state index in [4.69, 9.17) is 4.52 Å². The molecule has 1 N–H and O–H groups in total. The number of carbonyl (C=O) groups excluding carboxylic acids is 1. The van der Waals surface area contributed by atoms with Crippen molar-refractivity contribution < 1.29 is 9.32 Å². The maximum Gasteiger partial charge on any atom is 0.257 e. The van der Waals surface area contributed by atoms with Gasteiger partial charge in [0.2, 0.25) is 0 Å². The Hall–Kier alpha value is -1.32. The summed E-state index contributed by atoms with van der Waals surface area (Å²) in [5.74, 6) is 0.456. The lowest BCUT2D eigenvalue weighted by atomic mass is 9.81. The van der Waals surface area contributed by atoms with Crippen molar-refractivity contribution in [3.05, 3.63) is 17.0 Å². The van der Waals surface area contributed by atoms with E-state index < -0.39 is 0 Å². The van der Waals surface area contributed by atoms with Gasteiger partial charge in [-0.1, -0.05) is 25.9 Å². The van der Waals surface area contributed by atoms with Crippen molar-refractivity contribution in [3.63, 3.8) is 0 Å². The molecule has 0 aliphatic rings. The summed E-state index contributed by atoms with van der Waals surface area (Å²) in [6.07, 6.45) is 0.898. The quantitative estimate of drug-likeness (QED) is 0.898. The molecule has 4 nitrogen and oxygen atoms in total. The number of nitrogens with one attached hydrogen (secondary N) is 1. The second-order valence-corrected chi connectivity index (χ2v) is 6.77. The fraction of sp³-hybridized carbons (Fsp3) is 0.714. The van der Waals surface area contributed by atoms with E-state index in [1.165, 1.54) is 0 Å². The molecule has 0 saturated carbocycles. The lowest BCUT2D eigenvalue weighted by Crippen LogP contribution is -2.46. The van der Waals surface area contributed by atoms with Gasteiger partial charge in [-0.15, -0.1) is 0 Å². The predicted molar refractivity (Wildman–Crippen MR) is 71.6 cm³/mol. The number of hydrogen-bond acceptors (Lipinski definition) is 3. The van der Waals surface area contributed by atoms with Crippen molar-refractivity contribution in [2.75, 3.05) is 0 Å². The molecule has 1 heterocycles. The van der Waals surface area contributed by atoms with Crippen LogP contribution in [0.4, 0.5) is 0 Å². The van der Waals surface area contributed by atoms with Crippen LogP contribution in [-0.2, 0) is 0 Å². The van der Waals surface area contributed by atoms with Crippen LogP contribution in [0.5, 0.6) is 0 Å². The van der Waals surface area contributed by atoms with Gasteiger partial charge in [0, 0.05) is 5.54 Å². The third-order valence-electron chi connectivity index (χ3n) is 2.68. The van der Waals surface area contributed by atoms with E-state index in [1.54, 1.807) is 13.8 Å². The topological polar surface area (TPSA) is 55.1 Å². The lowest BCUT2D eigenvalue weighted by molar-refractivity contribution is 0.0889. The van der Waals surface area contributed by atoms with Crippen molar-refractivity contribution in [1.82, 2.24) is 10.5 Å². The minimum atomic E-state index is -0.258. The summed E-state index contributed by atoms with van der Waals surface area (Å²) < 4.78 is 5.02. The summed E-state index contributed by atoms with van der Waals surface area (Å²) in [6, 6.07) is 0. The molecule has 0 bridgehead atoms. The largest absolute Gasteiger partial charge is 0.361 e. The van der Waals surface area contributed by atoms with Gasteiger partial charge in [0.1, 0.15) is 11.3 Å². The minimum Gasteiger partial charge on any atom is -0.361 e. The molecule has 0 radical (unpaired) electrons. The van der Waals surface area contributed by atoms with Crippen LogP contribution >= 0.6 is 0 Å². The van der Waals surface area contributed by atoms with E-state index in [-0.39, 0.29) is 16.9 Å². The highest BCUT2D eigenvalue weighted by Gasteiger charge is 2.29. The maximum absolute atomic E-state index is 12.2. The van der Waals surface area contributed by atoms with Gasteiger partial charge < -0.3 is 9.84 Å². The highest BCUT2D eigenvalue weighted by Crippen LogP contribution is 2.27. The van der Waals surface area contributed by atoms with Gasteiger partial charge in [0.15, 0.2) is 0 Å². The van der Waals surface area contributed by atoms with Gasteiger partial charge in [-0.2, -0.15) is 0 Å². The number of nitrogens with zero attached hydrogens (tertiary/aromatic N) is 1. The average molecular weight is 252 g/mol. The Morgan fingerprint density at radius 1 is 1.22 bits per heavy atom. The van der Waals surface area contributed by atoms with Gasteiger partial charge in [-0.3, -0.25) is 4.79 Å². The zero-order valence-corrected chi connectivity index (χ0v) is 12.5. The molecule has 0 fully saturated rings. The van der Waals surface area contributed by atoms with Crippen LogP contribution in [0, 0.1) is 19.3 Å². The molecule has 1 aromatic heterocycles. The van der Waals surface area contributed by atoms with Gasteiger partial charge in [0.25, 0.3) is 5.91 Å². The summed E-state index contributed by atoms with van der Waals surface area (Å²) in [7, 11) is 0. The van der Waals surface area contributed by atoms with Gasteiger partial charge in [-0.05, 0) is 39.5 Å². The van der Waals surface area contributed by atoms with Crippen LogP contribution in [0.25, 0.3) is 0 Å². The van der Waals surface area contributed by atoms with E-state index in [0.29, 0.717) is 17.0 Å². The Morgan fingerprint density at radius 3 is 2.17 bits per heavy atom. The first-order chi connectivity index (χ1) is 8.02. The second-order valence-electron chi connectivity index (χ2n) is 6.77. The summed E-state index contributed by atoms with van der Waals surface area (Å²) >= 11 is 0. The maximum atomic E-state index is 12.2. The molecule has 1 rings (SSSR count). The molecule has 1 aromatic rings. The molecule has 102 valence electrons. The van der Waals surface area contributed by atoms with Gasteiger partial charge in [0.05, 0.1) is 5.69 Å². The summed E-state index contributed by atoms with van der Waals surface area (Å²) in [6.45, 7) is 14.1. The third kappa shape index (κ3) is 3.86. The normalized spacial score (nSPS) is 12.6. The van der Waals surface area contributed by atoms with Crippen LogP contribution in [0.15, 0.2) is 4.52 Å². The standard InChI is InChI=1S/C14H24N2O2/c1-9-11(10(2)18-16-9)12(17)15-14(6,7)8-13(3,4)5/h8H2,1-7H3,(H,15,17). The molecule has 18 heavy (non-hydrogen) atoms. The number of aryl methyl sites for hydroxylation is 2. The highest BCUT2D eigenvalue weighted by atomic mass is 16.5. The van der Waals surface area contributed by atoms with Crippen molar-refractivity contribution in [1.29, 1.82) is 0 Å². The van der Waals surface area contributed by atoms with E-state index >= 15 is 0 Å². The first-order valence-corrected chi connectivity index (χ1v) is 6.27. The minimum absolute atomic E-state index is 0.111. The highest BCUT2D eigenvalue weighted by molar-refractivity contribution is 5.96. The molecule has 0 aliphatic heterocycles. The zero-order valence-electron chi connectivity index (χ0n) is 12.5. The Balaban J connectivity index is 2.82. The monoisotopic (exact) mass is 252 g/mol. The van der Waals surface area contributed by atoms with E-state index in [9.17, 15) is 4.79 Å². The van der Waals surface area contributed by atoms with Crippen LogP contribution in [0.2, 0.25) is 0 Å². The molecule has 0 aliphatic carbocycles. The van der Waals surface area contributed by atoms with E-state index in [1.807, 2.05) is 13.8 Å². The summed E-state index contributed by atoms with van der Waals surface area (Å²) in [5, 5.41) is 6.86. The second kappa shape index (κ2) is 4.75. The first kappa shape index (κ1) is 14.7. The van der Waals surface area contributed by atoms with Crippen LogP contribution < -0.4 is 5.32 Å². The fourth-order valence-corrected chi connectivity index (χ4v) is 2.55. The van der Waals surface area contributed by atoms with Crippen molar-refractivity contribution in [2.24, 2.45) is 5.41 Å². The van der Waals surface area contributed by atoms with Crippen LogP contribution in [0.1, 0.15) is 62.9 Å². The Bertz CT molecular complexity index is 420. The molecular formula is C14H24N2O2. The SMILES string of the molecule is Cc1noc(C)c1C(=O)NC(C)(C)CC(C)(C)C. The van der Waals surface area contributed by atoms with E-state index in [2.05, 4.69) is 31.2 Å². The Morgan fingerprint density at radius 2 is 1.78 bits per heavy atom. The Kier molecular flexibility index (Phi) is 3.89. The van der Waals surface area contributed by atoms with Crippen molar-refractivity contribution in [2.45, 2.75) is 60.4 Å². The molecule has 0 unspecified atom stereocenters. The molecule has 1 amide bonds. The number of carbonyl (C=O) groups is 1. The van der Waals surface area contributed by atoms with Crippen LogP contribution in [-0.4, -0.2) is 16.6 Å². The molecule has 0 spiro atoms. The third-order valence-corrected chi connectivity index (χ3v) is 2.68. The molecule has 4 heteroatoms. The van der Waals surface area contributed by atoms with Crippen LogP contribution in [0.3, 0.4) is 0 Å². The molecule has 0 aromatic carbocycles. The number of aromatic nitrogens is 1. The zero-order chi connectivity index (χ0) is 14.1. The van der Waals surface area contributed by atoms with Gasteiger partial charge >= 0.3 is 0 Å². The Labute approximate surface area is 109 Å². The first-order valence-electron chi connectivity index (χ1n) is 6.27.